The van der Waals surface area contributed by atoms with Gasteiger partial charge in [-0.15, -0.1) is 0 Å². The molecule has 0 aliphatic carbocycles. The Balaban J connectivity index is 2.54. The van der Waals surface area contributed by atoms with Gasteiger partial charge in [-0.05, 0) is 23.6 Å². The van der Waals surface area contributed by atoms with Gasteiger partial charge >= 0.3 is 0 Å². The maximum Gasteiger partial charge on any atom is 0.198 e. The van der Waals surface area contributed by atoms with Crippen LogP contribution in [0.15, 0.2) is 18.2 Å². The Morgan fingerprint density at radius 2 is 2.21 bits per heavy atom. The highest BCUT2D eigenvalue weighted by Gasteiger charge is 2.05. The summed E-state index contributed by atoms with van der Waals surface area (Å²) in [5.41, 5.74) is 4.91. The van der Waals surface area contributed by atoms with Gasteiger partial charge in [-0.25, -0.2) is 10.8 Å². The fraction of sp³-hybridized carbons (Fsp3) is 0.300. The molecule has 0 amide bonds. The number of thiazole rings is 1. The molecule has 14 heavy (non-hydrogen) atoms. The maximum absolute atomic E-state index is 5.31. The molecular formula is C10H13N3S. The van der Waals surface area contributed by atoms with E-state index in [-0.39, 0.29) is 0 Å². The Labute approximate surface area is 86.9 Å². The molecule has 0 saturated heterocycles. The van der Waals surface area contributed by atoms with Crippen molar-refractivity contribution < 1.29 is 0 Å². The topological polar surface area (TPSA) is 50.9 Å². The molecule has 0 radical (unpaired) electrons. The van der Waals surface area contributed by atoms with Gasteiger partial charge in [0, 0.05) is 0 Å². The number of hydrazine groups is 1. The number of anilines is 1. The van der Waals surface area contributed by atoms with E-state index in [1.807, 2.05) is 0 Å². The van der Waals surface area contributed by atoms with Crippen LogP contribution in [0, 0.1) is 0 Å². The third-order valence-corrected chi connectivity index (χ3v) is 3.17. The molecule has 0 unspecified atom stereocenters. The summed E-state index contributed by atoms with van der Waals surface area (Å²) in [5.74, 6) is 5.85. The molecular weight excluding hydrogens is 194 g/mol. The zero-order chi connectivity index (χ0) is 10.1. The zero-order valence-corrected chi connectivity index (χ0v) is 9.06. The number of rotatable bonds is 2. The van der Waals surface area contributed by atoms with Crippen molar-refractivity contribution in [2.45, 2.75) is 19.8 Å². The summed E-state index contributed by atoms with van der Waals surface area (Å²) in [4.78, 5) is 4.36. The fourth-order valence-corrected chi connectivity index (χ4v) is 2.12. The molecule has 0 bridgehead atoms. The number of nitrogens with zero attached hydrogens (tertiary/aromatic N) is 1. The number of aromatic nitrogens is 1. The number of nitrogen functional groups attached to an aromatic ring is 1. The molecule has 0 fully saturated rings. The number of nitrogens with two attached hydrogens (primary N) is 1. The van der Waals surface area contributed by atoms with Crippen molar-refractivity contribution in [1.29, 1.82) is 0 Å². The Kier molecular flexibility index (Phi) is 2.39. The van der Waals surface area contributed by atoms with E-state index in [9.17, 15) is 0 Å². The molecule has 74 valence electrons. The van der Waals surface area contributed by atoms with Gasteiger partial charge in [0.25, 0.3) is 0 Å². The van der Waals surface area contributed by atoms with E-state index in [1.54, 1.807) is 11.3 Å². The molecule has 3 nitrogen and oxygen atoms in total. The van der Waals surface area contributed by atoms with Gasteiger partial charge in [0.15, 0.2) is 5.13 Å². The molecule has 0 aliphatic rings. The number of fused-ring (bicyclic) bond motifs is 1. The summed E-state index contributed by atoms with van der Waals surface area (Å²) < 4.78 is 1.17. The molecule has 0 aliphatic heterocycles. The van der Waals surface area contributed by atoms with Crippen LogP contribution in [0.4, 0.5) is 5.13 Å². The summed E-state index contributed by atoms with van der Waals surface area (Å²) in [7, 11) is 0. The Bertz CT molecular complexity index is 448. The highest BCUT2D eigenvalue weighted by atomic mass is 32.1. The van der Waals surface area contributed by atoms with Crippen LogP contribution in [0.25, 0.3) is 10.2 Å². The van der Waals surface area contributed by atoms with E-state index in [1.165, 1.54) is 10.3 Å². The van der Waals surface area contributed by atoms with Crippen molar-refractivity contribution in [3.05, 3.63) is 23.8 Å². The van der Waals surface area contributed by atoms with E-state index < -0.39 is 0 Å². The van der Waals surface area contributed by atoms with Gasteiger partial charge in [0.1, 0.15) is 0 Å². The standard InChI is InChI=1S/C10H13N3S/c1-6(2)7-3-4-9-8(5-7)12-10(13-11)14-9/h3-6H,11H2,1-2H3,(H,12,13). The molecule has 1 aromatic carbocycles. The van der Waals surface area contributed by atoms with Gasteiger partial charge < -0.3 is 0 Å². The summed E-state index contributed by atoms with van der Waals surface area (Å²) in [6.07, 6.45) is 0. The van der Waals surface area contributed by atoms with Crippen molar-refractivity contribution in [2.24, 2.45) is 5.84 Å². The van der Waals surface area contributed by atoms with E-state index in [0.29, 0.717) is 5.92 Å². The lowest BCUT2D eigenvalue weighted by atomic mass is 10.0. The van der Waals surface area contributed by atoms with Gasteiger partial charge in [0.2, 0.25) is 0 Å². The monoisotopic (exact) mass is 207 g/mol. The second-order valence-corrected chi connectivity index (χ2v) is 4.58. The average Bonchev–Trinajstić information content (AvgIpc) is 2.58. The van der Waals surface area contributed by atoms with Crippen LogP contribution in [-0.2, 0) is 0 Å². The largest absolute Gasteiger partial charge is 0.300 e. The quantitative estimate of drug-likeness (QED) is 0.588. The Morgan fingerprint density at radius 1 is 1.43 bits per heavy atom. The minimum absolute atomic E-state index is 0.537. The molecule has 0 spiro atoms. The van der Waals surface area contributed by atoms with Crippen molar-refractivity contribution in [3.63, 3.8) is 0 Å². The van der Waals surface area contributed by atoms with Crippen LogP contribution >= 0.6 is 11.3 Å². The van der Waals surface area contributed by atoms with Crippen LogP contribution in [0.1, 0.15) is 25.3 Å². The first-order valence-corrected chi connectivity index (χ1v) is 5.39. The second-order valence-electron chi connectivity index (χ2n) is 3.55. The van der Waals surface area contributed by atoms with E-state index >= 15 is 0 Å². The zero-order valence-electron chi connectivity index (χ0n) is 8.24. The summed E-state index contributed by atoms with van der Waals surface area (Å²) in [5, 5.41) is 0.765. The average molecular weight is 207 g/mol. The first kappa shape index (κ1) is 9.43. The third-order valence-electron chi connectivity index (χ3n) is 2.20. The smallest absolute Gasteiger partial charge is 0.198 e. The normalized spacial score (nSPS) is 11.1. The highest BCUT2D eigenvalue weighted by molar-refractivity contribution is 7.22. The fourth-order valence-electron chi connectivity index (χ4n) is 1.37. The van der Waals surface area contributed by atoms with Crippen molar-refractivity contribution in [1.82, 2.24) is 4.98 Å². The van der Waals surface area contributed by atoms with Crippen LogP contribution < -0.4 is 11.3 Å². The Morgan fingerprint density at radius 3 is 2.86 bits per heavy atom. The lowest BCUT2D eigenvalue weighted by molar-refractivity contribution is 0.868. The lowest BCUT2D eigenvalue weighted by Crippen LogP contribution is -2.05. The van der Waals surface area contributed by atoms with Gasteiger partial charge in [-0.2, -0.15) is 0 Å². The predicted molar refractivity (Wildman–Crippen MR) is 61.5 cm³/mol. The van der Waals surface area contributed by atoms with Gasteiger partial charge in [-0.1, -0.05) is 31.3 Å². The minimum Gasteiger partial charge on any atom is -0.300 e. The SMILES string of the molecule is CC(C)c1ccc2sc(NN)nc2c1. The lowest BCUT2D eigenvalue weighted by Gasteiger charge is -2.03. The van der Waals surface area contributed by atoms with Crippen LogP contribution in [0.5, 0.6) is 0 Å². The summed E-state index contributed by atoms with van der Waals surface area (Å²) >= 11 is 1.57. The van der Waals surface area contributed by atoms with E-state index in [0.717, 1.165) is 10.6 Å². The first-order valence-electron chi connectivity index (χ1n) is 4.58. The molecule has 4 heteroatoms. The highest BCUT2D eigenvalue weighted by Crippen LogP contribution is 2.27. The maximum atomic E-state index is 5.31. The van der Waals surface area contributed by atoms with Crippen molar-refractivity contribution >= 4 is 26.7 Å². The number of nitrogens with one attached hydrogen (secondary N) is 1. The molecule has 0 saturated carbocycles. The summed E-state index contributed by atoms with van der Waals surface area (Å²) in [6.45, 7) is 4.35. The van der Waals surface area contributed by atoms with Gasteiger partial charge in [-0.3, -0.25) is 5.43 Å². The van der Waals surface area contributed by atoms with Crippen LogP contribution in [0.2, 0.25) is 0 Å². The number of hydrogen-bond acceptors (Lipinski definition) is 4. The molecule has 0 atom stereocenters. The van der Waals surface area contributed by atoms with Crippen LogP contribution in [0.3, 0.4) is 0 Å². The number of hydrogen-bond donors (Lipinski definition) is 2. The van der Waals surface area contributed by atoms with E-state index in [2.05, 4.69) is 42.5 Å². The second kappa shape index (κ2) is 3.55. The summed E-state index contributed by atoms with van der Waals surface area (Å²) in [6, 6.07) is 6.37. The van der Waals surface area contributed by atoms with Crippen molar-refractivity contribution in [3.8, 4) is 0 Å². The number of benzene rings is 1. The molecule has 3 N–H and O–H groups in total. The molecule has 1 aromatic heterocycles. The molecule has 2 aromatic rings. The minimum atomic E-state index is 0.537. The third kappa shape index (κ3) is 1.58. The van der Waals surface area contributed by atoms with Gasteiger partial charge in [0.05, 0.1) is 10.2 Å². The molecule has 2 rings (SSSR count). The molecule has 1 heterocycles. The van der Waals surface area contributed by atoms with Crippen LogP contribution in [-0.4, -0.2) is 4.98 Å². The Hall–Kier alpha value is -1.13. The first-order chi connectivity index (χ1) is 6.70. The van der Waals surface area contributed by atoms with Crippen molar-refractivity contribution in [2.75, 3.05) is 5.43 Å². The van der Waals surface area contributed by atoms with E-state index in [4.69, 9.17) is 5.84 Å². The predicted octanol–water partition coefficient (Wildman–Crippen LogP) is 2.71.